The zero-order chi connectivity index (χ0) is 12.3. The van der Waals surface area contributed by atoms with Gasteiger partial charge in [-0.1, -0.05) is 13.0 Å². The Morgan fingerprint density at radius 1 is 1.24 bits per heavy atom. The molecule has 0 saturated heterocycles. The molecule has 0 fully saturated rings. The summed E-state index contributed by atoms with van der Waals surface area (Å²) >= 11 is 0. The van der Waals surface area contributed by atoms with Crippen LogP contribution in [-0.2, 0) is 6.42 Å². The van der Waals surface area contributed by atoms with Gasteiger partial charge in [0.25, 0.3) is 0 Å². The van der Waals surface area contributed by atoms with Crippen LogP contribution in [0.4, 0.5) is 5.82 Å². The van der Waals surface area contributed by atoms with Gasteiger partial charge in [-0.25, -0.2) is 9.97 Å². The molecule has 0 unspecified atom stereocenters. The molecule has 88 valence electrons. The lowest BCUT2D eigenvalue weighted by Crippen LogP contribution is -2.05. The Hall–Kier alpha value is -1.97. The summed E-state index contributed by atoms with van der Waals surface area (Å²) in [6, 6.07) is 5.75. The third-order valence-electron chi connectivity index (χ3n) is 2.71. The van der Waals surface area contributed by atoms with Crippen molar-refractivity contribution in [3.8, 4) is 11.5 Å². The van der Waals surface area contributed by atoms with E-state index < -0.39 is 0 Å². The van der Waals surface area contributed by atoms with Crippen LogP contribution < -0.4 is 5.32 Å². The molecule has 17 heavy (non-hydrogen) atoms. The van der Waals surface area contributed by atoms with Crippen molar-refractivity contribution in [1.29, 1.82) is 0 Å². The van der Waals surface area contributed by atoms with Gasteiger partial charge in [-0.15, -0.1) is 0 Å². The van der Waals surface area contributed by atoms with Crippen molar-refractivity contribution in [3.05, 3.63) is 35.7 Å². The van der Waals surface area contributed by atoms with E-state index in [1.807, 2.05) is 32.2 Å². The molecule has 0 radical (unpaired) electrons. The quantitative estimate of drug-likeness (QED) is 0.876. The molecule has 2 rings (SSSR count). The lowest BCUT2D eigenvalue weighted by molar-refractivity contribution is 0.972. The van der Waals surface area contributed by atoms with Gasteiger partial charge in [0.05, 0.1) is 0 Å². The first-order valence-electron chi connectivity index (χ1n) is 5.73. The number of aryl methyl sites for hydroxylation is 1. The summed E-state index contributed by atoms with van der Waals surface area (Å²) in [5, 5.41) is 3.10. The van der Waals surface area contributed by atoms with Gasteiger partial charge in [-0.2, -0.15) is 0 Å². The summed E-state index contributed by atoms with van der Waals surface area (Å²) in [6.45, 7) is 4.13. The number of rotatable bonds is 3. The standard InChI is InChI=1S/C13H16N4/c1-4-10-9(2)12(14-3)17-13(16-10)11-7-5-6-8-15-11/h5-8H,4H2,1-3H3,(H,14,16,17). The van der Waals surface area contributed by atoms with Crippen LogP contribution in [0.25, 0.3) is 11.5 Å². The number of hydrogen-bond donors (Lipinski definition) is 1. The fourth-order valence-corrected chi connectivity index (χ4v) is 1.76. The topological polar surface area (TPSA) is 50.7 Å². The molecule has 0 bridgehead atoms. The number of anilines is 1. The fourth-order valence-electron chi connectivity index (χ4n) is 1.76. The minimum Gasteiger partial charge on any atom is -0.373 e. The van der Waals surface area contributed by atoms with Crippen LogP contribution in [0.15, 0.2) is 24.4 Å². The van der Waals surface area contributed by atoms with Gasteiger partial charge in [0, 0.05) is 24.5 Å². The summed E-state index contributed by atoms with van der Waals surface area (Å²) in [7, 11) is 1.87. The van der Waals surface area contributed by atoms with Crippen molar-refractivity contribution in [2.75, 3.05) is 12.4 Å². The van der Waals surface area contributed by atoms with E-state index in [1.165, 1.54) is 0 Å². The van der Waals surface area contributed by atoms with Gasteiger partial charge in [-0.05, 0) is 25.5 Å². The Balaban J connectivity index is 2.56. The molecule has 2 aromatic heterocycles. The molecule has 0 spiro atoms. The number of nitrogens with one attached hydrogen (secondary N) is 1. The number of pyridine rings is 1. The van der Waals surface area contributed by atoms with Crippen LogP contribution in [0, 0.1) is 6.92 Å². The second-order valence-electron chi connectivity index (χ2n) is 3.79. The van der Waals surface area contributed by atoms with E-state index in [0.717, 1.165) is 29.2 Å². The van der Waals surface area contributed by atoms with Gasteiger partial charge >= 0.3 is 0 Å². The van der Waals surface area contributed by atoms with E-state index in [0.29, 0.717) is 5.82 Å². The van der Waals surface area contributed by atoms with Crippen LogP contribution in [-0.4, -0.2) is 22.0 Å². The second-order valence-corrected chi connectivity index (χ2v) is 3.79. The van der Waals surface area contributed by atoms with Crippen molar-refractivity contribution < 1.29 is 0 Å². The van der Waals surface area contributed by atoms with Gasteiger partial charge in [0.15, 0.2) is 5.82 Å². The summed E-state index contributed by atoms with van der Waals surface area (Å²) in [4.78, 5) is 13.3. The zero-order valence-corrected chi connectivity index (χ0v) is 10.4. The van der Waals surface area contributed by atoms with Gasteiger partial charge < -0.3 is 5.32 Å². The minimum atomic E-state index is 0.678. The predicted octanol–water partition coefficient (Wildman–Crippen LogP) is 2.45. The molecule has 2 heterocycles. The van der Waals surface area contributed by atoms with Gasteiger partial charge in [0.2, 0.25) is 0 Å². The van der Waals surface area contributed by atoms with Gasteiger partial charge in [-0.3, -0.25) is 4.98 Å². The Labute approximate surface area is 101 Å². The largest absolute Gasteiger partial charge is 0.373 e. The SMILES string of the molecule is CCc1nc(-c2ccccn2)nc(NC)c1C. The lowest BCUT2D eigenvalue weighted by atomic mass is 10.2. The Bertz CT molecular complexity index is 483. The average Bonchev–Trinajstić information content (AvgIpc) is 2.40. The Morgan fingerprint density at radius 2 is 2.06 bits per heavy atom. The smallest absolute Gasteiger partial charge is 0.180 e. The van der Waals surface area contributed by atoms with Crippen molar-refractivity contribution in [1.82, 2.24) is 15.0 Å². The molecule has 4 heteroatoms. The third kappa shape index (κ3) is 2.25. The highest BCUT2D eigenvalue weighted by Gasteiger charge is 2.10. The first kappa shape index (κ1) is 11.5. The van der Waals surface area contributed by atoms with Crippen molar-refractivity contribution in [2.45, 2.75) is 20.3 Å². The molecular formula is C13H16N4. The predicted molar refractivity (Wildman–Crippen MR) is 68.9 cm³/mol. The van der Waals surface area contributed by atoms with E-state index in [2.05, 4.69) is 27.2 Å². The van der Waals surface area contributed by atoms with Crippen LogP contribution in [0.2, 0.25) is 0 Å². The van der Waals surface area contributed by atoms with Crippen molar-refractivity contribution in [2.24, 2.45) is 0 Å². The van der Waals surface area contributed by atoms with E-state index in [-0.39, 0.29) is 0 Å². The van der Waals surface area contributed by atoms with Crippen LogP contribution >= 0.6 is 0 Å². The molecule has 0 aliphatic carbocycles. The molecule has 0 atom stereocenters. The molecule has 0 aliphatic rings. The molecule has 4 nitrogen and oxygen atoms in total. The van der Waals surface area contributed by atoms with E-state index >= 15 is 0 Å². The number of aromatic nitrogens is 3. The average molecular weight is 228 g/mol. The highest BCUT2D eigenvalue weighted by molar-refractivity contribution is 5.56. The molecular weight excluding hydrogens is 212 g/mol. The monoisotopic (exact) mass is 228 g/mol. The van der Waals surface area contributed by atoms with Crippen LogP contribution in [0.3, 0.4) is 0 Å². The summed E-state index contributed by atoms with van der Waals surface area (Å²) < 4.78 is 0. The van der Waals surface area contributed by atoms with E-state index in [4.69, 9.17) is 0 Å². The first-order valence-corrected chi connectivity index (χ1v) is 5.73. The maximum atomic E-state index is 4.56. The summed E-state index contributed by atoms with van der Waals surface area (Å²) in [5.41, 5.74) is 2.97. The van der Waals surface area contributed by atoms with Crippen molar-refractivity contribution >= 4 is 5.82 Å². The Kier molecular flexibility index (Phi) is 3.32. The maximum Gasteiger partial charge on any atom is 0.180 e. The van der Waals surface area contributed by atoms with E-state index in [1.54, 1.807) is 6.20 Å². The fraction of sp³-hybridized carbons (Fsp3) is 0.308. The molecule has 0 aromatic carbocycles. The molecule has 1 N–H and O–H groups in total. The summed E-state index contributed by atoms with van der Waals surface area (Å²) in [6.07, 6.45) is 2.64. The van der Waals surface area contributed by atoms with Crippen molar-refractivity contribution in [3.63, 3.8) is 0 Å². The molecule has 0 aliphatic heterocycles. The number of nitrogens with zero attached hydrogens (tertiary/aromatic N) is 3. The van der Waals surface area contributed by atoms with Crippen LogP contribution in [0.1, 0.15) is 18.2 Å². The summed E-state index contributed by atoms with van der Waals surface area (Å²) in [5.74, 6) is 1.55. The highest BCUT2D eigenvalue weighted by atomic mass is 15.0. The molecule has 0 amide bonds. The van der Waals surface area contributed by atoms with Gasteiger partial charge in [0.1, 0.15) is 11.5 Å². The highest BCUT2D eigenvalue weighted by Crippen LogP contribution is 2.20. The van der Waals surface area contributed by atoms with Crippen LogP contribution in [0.5, 0.6) is 0 Å². The number of hydrogen-bond acceptors (Lipinski definition) is 4. The first-order chi connectivity index (χ1) is 8.26. The maximum absolute atomic E-state index is 4.56. The minimum absolute atomic E-state index is 0.678. The lowest BCUT2D eigenvalue weighted by Gasteiger charge is -2.10. The second kappa shape index (κ2) is 4.91. The molecule has 0 saturated carbocycles. The normalized spacial score (nSPS) is 10.3. The molecule has 2 aromatic rings. The third-order valence-corrected chi connectivity index (χ3v) is 2.71. The zero-order valence-electron chi connectivity index (χ0n) is 10.4. The Morgan fingerprint density at radius 3 is 2.65 bits per heavy atom. The van der Waals surface area contributed by atoms with E-state index in [9.17, 15) is 0 Å².